The van der Waals surface area contributed by atoms with Gasteiger partial charge < -0.3 is 5.32 Å². The van der Waals surface area contributed by atoms with Crippen LogP contribution in [0.15, 0.2) is 0 Å². The maximum Gasteiger partial charge on any atom is 0.0221 e. The van der Waals surface area contributed by atoms with Crippen LogP contribution in [0.2, 0.25) is 0 Å². The lowest BCUT2D eigenvalue weighted by molar-refractivity contribution is 0.108. The van der Waals surface area contributed by atoms with Crippen molar-refractivity contribution in [1.29, 1.82) is 0 Å². The quantitative estimate of drug-likeness (QED) is 0.789. The third kappa shape index (κ3) is 4.46. The Balaban J connectivity index is 2.55. The Bertz CT molecular complexity index is 210. The summed E-state index contributed by atoms with van der Waals surface area (Å²) in [5.74, 6) is 0.792. The van der Waals surface area contributed by atoms with Crippen LogP contribution in [0.1, 0.15) is 40.5 Å². The summed E-state index contributed by atoms with van der Waals surface area (Å²) in [7, 11) is 0. The predicted molar refractivity (Wildman–Crippen MR) is 79.9 cm³/mol. The lowest BCUT2D eigenvalue weighted by atomic mass is 9.95. The van der Waals surface area contributed by atoms with Gasteiger partial charge in [0.15, 0.2) is 0 Å². The highest BCUT2D eigenvalue weighted by molar-refractivity contribution is 7.99. The first-order valence-corrected chi connectivity index (χ1v) is 8.41. The Hall–Kier alpha value is 0.270. The summed E-state index contributed by atoms with van der Waals surface area (Å²) in [6.45, 7) is 13.0. The summed E-state index contributed by atoms with van der Waals surface area (Å²) in [5, 5.41) is 4.49. The van der Waals surface area contributed by atoms with Gasteiger partial charge in [-0.05, 0) is 18.6 Å². The van der Waals surface area contributed by atoms with Gasteiger partial charge in [-0.25, -0.2) is 0 Å². The van der Waals surface area contributed by atoms with Gasteiger partial charge in [-0.15, -0.1) is 0 Å². The number of rotatable bonds is 6. The molecule has 1 N–H and O–H groups in total. The van der Waals surface area contributed by atoms with E-state index in [1.807, 2.05) is 11.8 Å². The average Bonchev–Trinajstić information content (AvgIpc) is 2.37. The normalized spacial score (nSPS) is 30.2. The Morgan fingerprint density at radius 2 is 2.06 bits per heavy atom. The topological polar surface area (TPSA) is 15.3 Å². The highest BCUT2D eigenvalue weighted by Gasteiger charge is 2.29. The Morgan fingerprint density at radius 1 is 1.35 bits per heavy atom. The van der Waals surface area contributed by atoms with E-state index in [1.165, 1.54) is 32.5 Å². The van der Waals surface area contributed by atoms with Crippen LogP contribution >= 0.6 is 11.8 Å². The van der Waals surface area contributed by atoms with E-state index in [1.54, 1.807) is 0 Å². The molecule has 1 heterocycles. The van der Waals surface area contributed by atoms with Crippen molar-refractivity contribution in [2.75, 3.05) is 25.9 Å². The van der Waals surface area contributed by atoms with Crippen LogP contribution in [0.4, 0.5) is 0 Å². The van der Waals surface area contributed by atoms with Crippen molar-refractivity contribution in [3.05, 3.63) is 0 Å². The van der Waals surface area contributed by atoms with Gasteiger partial charge in [0.05, 0.1) is 0 Å². The molecule has 1 fully saturated rings. The summed E-state index contributed by atoms with van der Waals surface area (Å²) in [4.78, 5) is 2.72. The number of thioether (sulfide) groups is 1. The molecule has 17 heavy (non-hydrogen) atoms. The summed E-state index contributed by atoms with van der Waals surface area (Å²) in [6.07, 6.45) is 4.77. The van der Waals surface area contributed by atoms with Gasteiger partial charge >= 0.3 is 0 Å². The van der Waals surface area contributed by atoms with Crippen LogP contribution in [-0.2, 0) is 0 Å². The second-order valence-corrected chi connectivity index (χ2v) is 6.74. The zero-order valence-corrected chi connectivity index (χ0v) is 13.0. The van der Waals surface area contributed by atoms with Crippen LogP contribution in [-0.4, -0.2) is 48.1 Å². The third-order valence-corrected chi connectivity index (χ3v) is 5.21. The molecule has 0 saturated carbocycles. The molecule has 1 aliphatic heterocycles. The van der Waals surface area contributed by atoms with E-state index in [9.17, 15) is 0 Å². The van der Waals surface area contributed by atoms with Gasteiger partial charge in [-0.1, -0.05) is 34.1 Å². The van der Waals surface area contributed by atoms with Crippen LogP contribution < -0.4 is 5.32 Å². The molecule has 0 radical (unpaired) electrons. The first kappa shape index (κ1) is 15.3. The molecular formula is C14H30N2S. The van der Waals surface area contributed by atoms with Crippen molar-refractivity contribution < 1.29 is 0 Å². The summed E-state index contributed by atoms with van der Waals surface area (Å²) in [5.41, 5.74) is 0. The zero-order valence-electron chi connectivity index (χ0n) is 12.2. The molecule has 0 amide bonds. The molecule has 102 valence electrons. The maximum absolute atomic E-state index is 3.74. The highest BCUT2D eigenvalue weighted by Crippen LogP contribution is 2.19. The zero-order chi connectivity index (χ0) is 12.8. The molecule has 0 spiro atoms. The standard InChI is InChI=1S/C14H30N2S/c1-6-11(3)14-10-16(9-12(4)17-5)13(7-2)8-15-14/h11-15H,6-10H2,1-5H3. The fourth-order valence-corrected chi connectivity index (χ4v) is 2.92. The molecule has 4 atom stereocenters. The highest BCUT2D eigenvalue weighted by atomic mass is 32.2. The van der Waals surface area contributed by atoms with Crippen molar-refractivity contribution in [2.24, 2.45) is 5.92 Å². The molecule has 0 aliphatic carbocycles. The van der Waals surface area contributed by atoms with Crippen LogP contribution in [0.5, 0.6) is 0 Å². The Kier molecular flexibility index (Phi) is 6.90. The van der Waals surface area contributed by atoms with Gasteiger partial charge in [0.25, 0.3) is 0 Å². The van der Waals surface area contributed by atoms with Crippen molar-refractivity contribution in [2.45, 2.75) is 57.9 Å². The molecule has 0 aromatic heterocycles. The molecule has 0 aromatic carbocycles. The largest absolute Gasteiger partial charge is 0.311 e. The van der Waals surface area contributed by atoms with E-state index in [0.717, 1.165) is 17.2 Å². The van der Waals surface area contributed by atoms with Gasteiger partial charge in [0.2, 0.25) is 0 Å². The van der Waals surface area contributed by atoms with Gasteiger partial charge in [0.1, 0.15) is 0 Å². The molecule has 0 bridgehead atoms. The SMILES string of the molecule is CCC(C)C1CN(CC(C)SC)C(CC)CN1. The smallest absolute Gasteiger partial charge is 0.0221 e. The van der Waals surface area contributed by atoms with Gasteiger partial charge in [0, 0.05) is 37.0 Å². The predicted octanol–water partition coefficient (Wildman–Crippen LogP) is 2.84. The lowest BCUT2D eigenvalue weighted by Crippen LogP contribution is -2.59. The first-order valence-electron chi connectivity index (χ1n) is 7.12. The summed E-state index contributed by atoms with van der Waals surface area (Å²) >= 11 is 1.98. The minimum atomic E-state index is 0.692. The number of nitrogens with one attached hydrogen (secondary N) is 1. The third-order valence-electron chi connectivity index (χ3n) is 4.26. The molecule has 1 saturated heterocycles. The molecule has 4 unspecified atom stereocenters. The lowest BCUT2D eigenvalue weighted by Gasteiger charge is -2.43. The van der Waals surface area contributed by atoms with E-state index in [-0.39, 0.29) is 0 Å². The molecule has 2 nitrogen and oxygen atoms in total. The Morgan fingerprint density at radius 3 is 2.59 bits per heavy atom. The minimum Gasteiger partial charge on any atom is -0.311 e. The molecule has 1 rings (SSSR count). The van der Waals surface area contributed by atoms with Gasteiger partial charge in [-0.2, -0.15) is 11.8 Å². The van der Waals surface area contributed by atoms with E-state index < -0.39 is 0 Å². The second kappa shape index (κ2) is 7.65. The number of hydrogen-bond donors (Lipinski definition) is 1. The van der Waals surface area contributed by atoms with E-state index >= 15 is 0 Å². The van der Waals surface area contributed by atoms with Crippen molar-refractivity contribution in [1.82, 2.24) is 10.2 Å². The van der Waals surface area contributed by atoms with E-state index in [4.69, 9.17) is 0 Å². The van der Waals surface area contributed by atoms with Crippen LogP contribution in [0.3, 0.4) is 0 Å². The first-order chi connectivity index (χ1) is 8.12. The van der Waals surface area contributed by atoms with Crippen LogP contribution in [0.25, 0.3) is 0 Å². The van der Waals surface area contributed by atoms with Crippen molar-refractivity contribution in [3.8, 4) is 0 Å². The number of piperazine rings is 1. The fourth-order valence-electron chi connectivity index (χ4n) is 2.58. The molecule has 1 aliphatic rings. The van der Waals surface area contributed by atoms with Crippen molar-refractivity contribution in [3.63, 3.8) is 0 Å². The average molecular weight is 258 g/mol. The number of hydrogen-bond acceptors (Lipinski definition) is 3. The molecule has 3 heteroatoms. The van der Waals surface area contributed by atoms with Crippen molar-refractivity contribution >= 4 is 11.8 Å². The van der Waals surface area contributed by atoms with E-state index in [2.05, 4.69) is 44.2 Å². The minimum absolute atomic E-state index is 0.692. The number of nitrogens with zero attached hydrogens (tertiary/aromatic N) is 1. The van der Waals surface area contributed by atoms with E-state index in [0.29, 0.717) is 6.04 Å². The van der Waals surface area contributed by atoms with Gasteiger partial charge in [-0.3, -0.25) is 4.90 Å². The monoisotopic (exact) mass is 258 g/mol. The molecular weight excluding hydrogens is 228 g/mol. The Labute approximate surface area is 112 Å². The summed E-state index contributed by atoms with van der Waals surface area (Å²) < 4.78 is 0. The van der Waals surface area contributed by atoms with Crippen LogP contribution in [0, 0.1) is 5.92 Å². The summed E-state index contributed by atoms with van der Waals surface area (Å²) in [6, 6.07) is 1.43. The second-order valence-electron chi connectivity index (χ2n) is 5.46. The maximum atomic E-state index is 3.74. The molecule has 0 aromatic rings. The fraction of sp³-hybridized carbons (Fsp3) is 1.00.